The van der Waals surface area contributed by atoms with Crippen molar-refractivity contribution in [3.8, 4) is 0 Å². The zero-order valence-corrected chi connectivity index (χ0v) is 7.73. The van der Waals surface area contributed by atoms with E-state index in [1.165, 1.54) is 10.9 Å². The molecule has 7 heteroatoms. The normalized spacial score (nSPS) is 19.9. The molecule has 1 heterocycles. The highest BCUT2D eigenvalue weighted by Crippen LogP contribution is 2.47. The van der Waals surface area contributed by atoms with Crippen LogP contribution in [0.3, 0.4) is 0 Å². The molecule has 0 unspecified atom stereocenters. The molecule has 15 heavy (non-hydrogen) atoms. The summed E-state index contributed by atoms with van der Waals surface area (Å²) in [5.41, 5.74) is 0. The summed E-state index contributed by atoms with van der Waals surface area (Å²) >= 11 is 0. The maximum atomic E-state index is 12.6. The van der Waals surface area contributed by atoms with Gasteiger partial charge in [0.1, 0.15) is 18.7 Å². The molecular weight excluding hydrogens is 208 g/mol. The summed E-state index contributed by atoms with van der Waals surface area (Å²) in [6, 6.07) is 0. The molecule has 0 atom stereocenters. The van der Waals surface area contributed by atoms with Gasteiger partial charge in [0.15, 0.2) is 0 Å². The number of carboxylic acid groups (broad SMARTS) is 1. The van der Waals surface area contributed by atoms with Crippen molar-refractivity contribution >= 4 is 5.97 Å². The number of halogens is 2. The Morgan fingerprint density at radius 3 is 2.87 bits per heavy atom. The molecule has 0 radical (unpaired) electrons. The Labute approximate surface area is 83.7 Å². The predicted octanol–water partition coefficient (Wildman–Crippen LogP) is 0.875. The van der Waals surface area contributed by atoms with Crippen molar-refractivity contribution < 1.29 is 18.7 Å². The quantitative estimate of drug-likeness (QED) is 0.815. The molecule has 1 saturated carbocycles. The number of nitrogens with zero attached hydrogens (tertiary/aromatic N) is 3. The molecule has 0 spiro atoms. The molecule has 1 fully saturated rings. The minimum Gasteiger partial charge on any atom is -0.480 e. The smallest absolute Gasteiger partial charge is 0.323 e. The molecule has 2 rings (SSSR count). The summed E-state index contributed by atoms with van der Waals surface area (Å²) in [5, 5.41) is 15.8. The first-order valence-electron chi connectivity index (χ1n) is 4.45. The number of carboxylic acids is 1. The van der Waals surface area contributed by atoms with E-state index in [0.717, 1.165) is 0 Å². The molecule has 1 N–H and O–H groups in total. The lowest BCUT2D eigenvalue weighted by molar-refractivity contribution is -0.137. The third-order valence-corrected chi connectivity index (χ3v) is 2.41. The van der Waals surface area contributed by atoms with Crippen molar-refractivity contribution in [2.45, 2.75) is 31.2 Å². The standard InChI is InChI=1S/C8H9F2N3O2/c9-8(10)1-5(2-8)7-12-11-4-13(7)3-6(14)15/h4-5H,1-3H2,(H,14,15). The van der Waals surface area contributed by atoms with Crippen molar-refractivity contribution in [3.63, 3.8) is 0 Å². The number of alkyl halides is 2. The Morgan fingerprint density at radius 2 is 2.33 bits per heavy atom. The van der Waals surface area contributed by atoms with Crippen LogP contribution in [0.1, 0.15) is 24.6 Å². The van der Waals surface area contributed by atoms with Gasteiger partial charge in [0.2, 0.25) is 5.92 Å². The number of hydrogen-bond acceptors (Lipinski definition) is 3. The maximum absolute atomic E-state index is 12.6. The van der Waals surface area contributed by atoms with E-state index in [9.17, 15) is 13.6 Å². The lowest BCUT2D eigenvalue weighted by Gasteiger charge is -2.33. The molecule has 0 amide bonds. The van der Waals surface area contributed by atoms with E-state index in [1.807, 2.05) is 0 Å². The summed E-state index contributed by atoms with van der Waals surface area (Å²) in [4.78, 5) is 10.5. The Morgan fingerprint density at radius 1 is 1.67 bits per heavy atom. The van der Waals surface area contributed by atoms with Crippen molar-refractivity contribution in [3.05, 3.63) is 12.2 Å². The molecule has 0 aliphatic heterocycles. The highest BCUT2D eigenvalue weighted by molar-refractivity contribution is 5.66. The number of carbonyl (C=O) groups is 1. The van der Waals surface area contributed by atoms with Crippen molar-refractivity contribution in [2.24, 2.45) is 0 Å². The summed E-state index contributed by atoms with van der Waals surface area (Å²) < 4.78 is 26.5. The Bertz CT molecular complexity index is 383. The second kappa shape index (κ2) is 3.25. The Balaban J connectivity index is 2.09. The third kappa shape index (κ3) is 1.95. The molecule has 0 bridgehead atoms. The van der Waals surface area contributed by atoms with Gasteiger partial charge in [-0.1, -0.05) is 0 Å². The Hall–Kier alpha value is -1.53. The molecule has 82 valence electrons. The lowest BCUT2D eigenvalue weighted by atomic mass is 9.81. The van der Waals surface area contributed by atoms with Crippen LogP contribution in [0.2, 0.25) is 0 Å². The SMILES string of the molecule is O=C(O)Cn1cnnc1C1CC(F)(F)C1. The number of rotatable bonds is 3. The summed E-state index contributed by atoms with van der Waals surface area (Å²) in [5.74, 6) is -3.71. The van der Waals surface area contributed by atoms with Gasteiger partial charge in [0.05, 0.1) is 0 Å². The van der Waals surface area contributed by atoms with E-state index in [2.05, 4.69) is 10.2 Å². The fourth-order valence-corrected chi connectivity index (χ4v) is 1.69. The van der Waals surface area contributed by atoms with E-state index in [0.29, 0.717) is 5.82 Å². The fraction of sp³-hybridized carbons (Fsp3) is 0.625. The number of aliphatic carboxylic acids is 1. The molecule has 1 aliphatic carbocycles. The van der Waals surface area contributed by atoms with Crippen LogP contribution in [0.5, 0.6) is 0 Å². The van der Waals surface area contributed by atoms with Gasteiger partial charge < -0.3 is 9.67 Å². The van der Waals surface area contributed by atoms with Crippen LogP contribution in [0.4, 0.5) is 8.78 Å². The van der Waals surface area contributed by atoms with Crippen LogP contribution in [-0.4, -0.2) is 31.8 Å². The molecule has 0 aromatic carbocycles. The highest BCUT2D eigenvalue weighted by atomic mass is 19.3. The molecular formula is C8H9F2N3O2. The van der Waals surface area contributed by atoms with Crippen molar-refractivity contribution in [2.75, 3.05) is 0 Å². The maximum Gasteiger partial charge on any atom is 0.323 e. The Kier molecular flexibility index (Phi) is 2.17. The van der Waals surface area contributed by atoms with Crippen molar-refractivity contribution in [1.82, 2.24) is 14.8 Å². The lowest BCUT2D eigenvalue weighted by Crippen LogP contribution is -2.35. The van der Waals surface area contributed by atoms with Gasteiger partial charge in [-0.05, 0) is 0 Å². The summed E-state index contributed by atoms with van der Waals surface area (Å²) in [6.07, 6.45) is 0.705. The van der Waals surface area contributed by atoms with Crippen LogP contribution >= 0.6 is 0 Å². The molecule has 1 aromatic heterocycles. The topological polar surface area (TPSA) is 68.0 Å². The minimum atomic E-state index is -2.63. The second-order valence-electron chi connectivity index (χ2n) is 3.67. The zero-order valence-electron chi connectivity index (χ0n) is 7.73. The monoisotopic (exact) mass is 217 g/mol. The zero-order chi connectivity index (χ0) is 11.1. The first-order valence-corrected chi connectivity index (χ1v) is 4.45. The highest BCUT2D eigenvalue weighted by Gasteiger charge is 2.47. The first kappa shape index (κ1) is 10.0. The van der Waals surface area contributed by atoms with E-state index >= 15 is 0 Å². The van der Waals surface area contributed by atoms with Gasteiger partial charge in [-0.3, -0.25) is 4.79 Å². The molecule has 0 saturated heterocycles. The number of aromatic nitrogens is 3. The molecule has 1 aromatic rings. The van der Waals surface area contributed by atoms with E-state index in [-0.39, 0.29) is 25.3 Å². The van der Waals surface area contributed by atoms with E-state index < -0.39 is 11.9 Å². The second-order valence-corrected chi connectivity index (χ2v) is 3.67. The number of hydrogen-bond donors (Lipinski definition) is 1. The molecule has 1 aliphatic rings. The fourth-order valence-electron chi connectivity index (χ4n) is 1.69. The predicted molar refractivity (Wildman–Crippen MR) is 44.6 cm³/mol. The van der Waals surface area contributed by atoms with Crippen LogP contribution in [0.25, 0.3) is 0 Å². The van der Waals surface area contributed by atoms with Gasteiger partial charge in [0, 0.05) is 18.8 Å². The summed E-state index contributed by atoms with van der Waals surface area (Å²) in [7, 11) is 0. The van der Waals surface area contributed by atoms with Crippen LogP contribution in [-0.2, 0) is 11.3 Å². The van der Waals surface area contributed by atoms with Crippen LogP contribution in [0.15, 0.2) is 6.33 Å². The van der Waals surface area contributed by atoms with Gasteiger partial charge in [-0.2, -0.15) is 0 Å². The molecule has 5 nitrogen and oxygen atoms in total. The van der Waals surface area contributed by atoms with E-state index in [1.54, 1.807) is 0 Å². The van der Waals surface area contributed by atoms with Gasteiger partial charge in [0.25, 0.3) is 0 Å². The average molecular weight is 217 g/mol. The van der Waals surface area contributed by atoms with Gasteiger partial charge in [-0.15, -0.1) is 10.2 Å². The largest absolute Gasteiger partial charge is 0.480 e. The van der Waals surface area contributed by atoms with Crippen LogP contribution in [0, 0.1) is 0 Å². The first-order chi connectivity index (χ1) is 6.98. The third-order valence-electron chi connectivity index (χ3n) is 2.41. The van der Waals surface area contributed by atoms with Crippen LogP contribution < -0.4 is 0 Å². The van der Waals surface area contributed by atoms with Gasteiger partial charge >= 0.3 is 5.97 Å². The van der Waals surface area contributed by atoms with E-state index in [4.69, 9.17) is 5.11 Å². The van der Waals surface area contributed by atoms with Gasteiger partial charge in [-0.25, -0.2) is 8.78 Å². The summed E-state index contributed by atoms with van der Waals surface area (Å²) in [6.45, 7) is -0.287. The minimum absolute atomic E-state index is 0.273. The van der Waals surface area contributed by atoms with Crippen molar-refractivity contribution in [1.29, 1.82) is 0 Å². The average Bonchev–Trinajstić information content (AvgIpc) is 2.46.